The molecule has 10 heteroatoms. The number of hydrogen-bond acceptors (Lipinski definition) is 9. The third-order valence-electron chi connectivity index (χ3n) is 5.35. The van der Waals surface area contributed by atoms with Gasteiger partial charge < -0.3 is 30.5 Å². The van der Waals surface area contributed by atoms with Crippen LogP contribution in [0.5, 0.6) is 0 Å². The molecule has 5 N–H and O–H groups in total. The standard InChI is InChI=1S/C22H30N4O6/c1-2-3-9-15(10-17(28)14-7-5-4-6-8-14)23-11-16-12-26(25-24-16)22-21(31)20(30)19(29)18(13-27)32-22/h4-8,10,12,18-23,27,29-31H,2-3,9,11,13H2,1H3/t18-,19-,20+,21-,22-/m1/s1. The average molecular weight is 447 g/mol. The Bertz CT molecular complexity index is 901. The quantitative estimate of drug-likeness (QED) is 0.256. The molecule has 0 amide bonds. The first-order valence-electron chi connectivity index (χ1n) is 10.7. The highest BCUT2D eigenvalue weighted by Gasteiger charge is 2.44. The molecule has 10 nitrogen and oxygen atoms in total. The molecule has 0 aliphatic carbocycles. The summed E-state index contributed by atoms with van der Waals surface area (Å²) in [5.74, 6) is -0.0887. The molecular weight excluding hydrogens is 416 g/mol. The van der Waals surface area contributed by atoms with Gasteiger partial charge in [-0.1, -0.05) is 48.9 Å². The van der Waals surface area contributed by atoms with Crippen molar-refractivity contribution in [3.8, 4) is 0 Å². The summed E-state index contributed by atoms with van der Waals surface area (Å²) in [5.41, 5.74) is 1.91. The van der Waals surface area contributed by atoms with Crippen molar-refractivity contribution in [1.82, 2.24) is 20.3 Å². The van der Waals surface area contributed by atoms with Crippen molar-refractivity contribution in [3.63, 3.8) is 0 Å². The Kier molecular flexibility index (Phi) is 8.48. The number of hydrogen-bond donors (Lipinski definition) is 5. The Labute approximate surface area is 186 Å². The molecule has 1 aliphatic rings. The van der Waals surface area contributed by atoms with Crippen LogP contribution in [0.3, 0.4) is 0 Å². The highest BCUT2D eigenvalue weighted by molar-refractivity contribution is 6.04. The highest BCUT2D eigenvalue weighted by Crippen LogP contribution is 2.27. The molecule has 1 aliphatic heterocycles. The van der Waals surface area contributed by atoms with Gasteiger partial charge in [-0.15, -0.1) is 5.10 Å². The van der Waals surface area contributed by atoms with E-state index in [4.69, 9.17) is 4.74 Å². The Morgan fingerprint density at radius 1 is 1.19 bits per heavy atom. The molecule has 32 heavy (non-hydrogen) atoms. The maximum absolute atomic E-state index is 12.5. The fourth-order valence-corrected chi connectivity index (χ4v) is 3.45. The molecule has 3 rings (SSSR count). The van der Waals surface area contributed by atoms with Gasteiger partial charge in [0.25, 0.3) is 0 Å². The van der Waals surface area contributed by atoms with Gasteiger partial charge in [-0.2, -0.15) is 0 Å². The summed E-state index contributed by atoms with van der Waals surface area (Å²) in [6.07, 6.45) is -0.797. The number of nitrogens with one attached hydrogen (secondary N) is 1. The Hall–Kier alpha value is -2.63. The maximum Gasteiger partial charge on any atom is 0.187 e. The molecule has 1 aromatic carbocycles. The van der Waals surface area contributed by atoms with E-state index in [9.17, 15) is 25.2 Å². The van der Waals surface area contributed by atoms with Crippen LogP contribution in [0.2, 0.25) is 0 Å². The minimum Gasteiger partial charge on any atom is -0.394 e. The first-order chi connectivity index (χ1) is 15.4. The first-order valence-corrected chi connectivity index (χ1v) is 10.7. The zero-order valence-corrected chi connectivity index (χ0v) is 17.9. The van der Waals surface area contributed by atoms with Crippen LogP contribution in [-0.2, 0) is 11.3 Å². The number of carbonyl (C=O) groups excluding carboxylic acids is 1. The van der Waals surface area contributed by atoms with Gasteiger partial charge in [0.15, 0.2) is 12.0 Å². The van der Waals surface area contributed by atoms with E-state index in [0.29, 0.717) is 17.7 Å². The van der Waals surface area contributed by atoms with Crippen molar-refractivity contribution in [1.29, 1.82) is 0 Å². The minimum absolute atomic E-state index is 0.0887. The predicted molar refractivity (Wildman–Crippen MR) is 114 cm³/mol. The number of aromatic nitrogens is 3. The zero-order valence-electron chi connectivity index (χ0n) is 17.9. The summed E-state index contributed by atoms with van der Waals surface area (Å²) in [6.45, 7) is 1.84. The Morgan fingerprint density at radius 3 is 2.62 bits per heavy atom. The lowest BCUT2D eigenvalue weighted by Gasteiger charge is -2.39. The topological polar surface area (TPSA) is 150 Å². The van der Waals surface area contributed by atoms with Crippen LogP contribution < -0.4 is 5.32 Å². The third-order valence-corrected chi connectivity index (χ3v) is 5.35. The summed E-state index contributed by atoms with van der Waals surface area (Å²) >= 11 is 0. The van der Waals surface area contributed by atoms with Gasteiger partial charge in [0, 0.05) is 17.3 Å². The number of carbonyl (C=O) groups is 1. The summed E-state index contributed by atoms with van der Waals surface area (Å²) in [7, 11) is 0. The van der Waals surface area contributed by atoms with E-state index >= 15 is 0 Å². The zero-order chi connectivity index (χ0) is 23.1. The van der Waals surface area contributed by atoms with E-state index in [1.807, 2.05) is 18.2 Å². The lowest BCUT2D eigenvalue weighted by molar-refractivity contribution is -0.254. The van der Waals surface area contributed by atoms with Crippen molar-refractivity contribution in [2.75, 3.05) is 6.61 Å². The minimum atomic E-state index is -1.50. The fraction of sp³-hybridized carbons (Fsp3) is 0.500. The number of aliphatic hydroxyl groups excluding tert-OH is 4. The summed E-state index contributed by atoms with van der Waals surface area (Å²) in [5, 5.41) is 50.7. The molecule has 1 fully saturated rings. The largest absolute Gasteiger partial charge is 0.394 e. The predicted octanol–water partition coefficient (Wildman–Crippen LogP) is 0.297. The van der Waals surface area contributed by atoms with Crippen molar-refractivity contribution >= 4 is 5.78 Å². The second-order valence-corrected chi connectivity index (χ2v) is 7.77. The van der Waals surface area contributed by atoms with E-state index in [1.54, 1.807) is 18.2 Å². The molecular formula is C22H30N4O6. The van der Waals surface area contributed by atoms with Gasteiger partial charge in [0.2, 0.25) is 0 Å². The van der Waals surface area contributed by atoms with E-state index in [2.05, 4.69) is 22.6 Å². The van der Waals surface area contributed by atoms with E-state index in [0.717, 1.165) is 18.5 Å². The average Bonchev–Trinajstić information content (AvgIpc) is 3.28. The molecule has 2 aromatic rings. The van der Waals surface area contributed by atoms with E-state index < -0.39 is 37.3 Å². The second-order valence-electron chi connectivity index (χ2n) is 7.77. The van der Waals surface area contributed by atoms with Crippen LogP contribution in [0.15, 0.2) is 48.3 Å². The van der Waals surface area contributed by atoms with Crippen LogP contribution in [0.25, 0.3) is 0 Å². The number of rotatable bonds is 10. The molecule has 2 heterocycles. The smallest absolute Gasteiger partial charge is 0.187 e. The van der Waals surface area contributed by atoms with Crippen LogP contribution >= 0.6 is 0 Å². The number of unbranched alkanes of at least 4 members (excludes halogenated alkanes) is 1. The molecule has 1 aromatic heterocycles. The number of benzene rings is 1. The lowest BCUT2D eigenvalue weighted by atomic mass is 9.98. The number of allylic oxidation sites excluding steroid dienone is 2. The number of aliphatic hydroxyl groups is 4. The second kappa shape index (κ2) is 11.3. The van der Waals surface area contributed by atoms with Crippen molar-refractivity contribution < 1.29 is 30.0 Å². The van der Waals surface area contributed by atoms with E-state index in [-0.39, 0.29) is 12.3 Å². The summed E-state index contributed by atoms with van der Waals surface area (Å²) in [4.78, 5) is 12.5. The third kappa shape index (κ3) is 5.78. The van der Waals surface area contributed by atoms with Crippen molar-refractivity contribution in [2.45, 2.75) is 63.4 Å². The van der Waals surface area contributed by atoms with Gasteiger partial charge >= 0.3 is 0 Å². The van der Waals surface area contributed by atoms with Gasteiger partial charge in [0.1, 0.15) is 30.1 Å². The number of ketones is 1. The van der Waals surface area contributed by atoms with Gasteiger partial charge in [-0.3, -0.25) is 4.79 Å². The van der Waals surface area contributed by atoms with Gasteiger partial charge in [-0.05, 0) is 12.8 Å². The van der Waals surface area contributed by atoms with Crippen LogP contribution in [0.4, 0.5) is 0 Å². The molecule has 1 saturated heterocycles. The summed E-state index contributed by atoms with van der Waals surface area (Å²) in [6, 6.07) is 9.02. The Balaban J connectivity index is 1.67. The molecule has 0 saturated carbocycles. The highest BCUT2D eigenvalue weighted by atomic mass is 16.6. The van der Waals surface area contributed by atoms with Crippen molar-refractivity contribution in [2.24, 2.45) is 0 Å². The molecule has 0 spiro atoms. The lowest BCUT2D eigenvalue weighted by Crippen LogP contribution is -2.56. The van der Waals surface area contributed by atoms with Crippen LogP contribution in [-0.4, -0.2) is 72.2 Å². The Morgan fingerprint density at radius 2 is 1.94 bits per heavy atom. The van der Waals surface area contributed by atoms with E-state index in [1.165, 1.54) is 10.9 Å². The van der Waals surface area contributed by atoms with Crippen LogP contribution in [0.1, 0.15) is 48.5 Å². The fourth-order valence-electron chi connectivity index (χ4n) is 3.45. The molecule has 174 valence electrons. The first kappa shape index (κ1) is 24.0. The number of ether oxygens (including phenoxy) is 1. The molecule has 5 atom stereocenters. The molecule has 0 radical (unpaired) electrons. The molecule has 0 unspecified atom stereocenters. The SMILES string of the molecule is CCCCC(=CC(=O)c1ccccc1)NCc1cn([C@@H]2O[C@H](CO)[C@@H](O)[C@H](O)[C@H]2O)nn1. The monoisotopic (exact) mass is 446 g/mol. The van der Waals surface area contributed by atoms with Crippen LogP contribution in [0, 0.1) is 0 Å². The van der Waals surface area contributed by atoms with Gasteiger partial charge in [0.05, 0.1) is 19.3 Å². The normalized spacial score (nSPS) is 26.2. The maximum atomic E-state index is 12.5. The molecule has 0 bridgehead atoms. The van der Waals surface area contributed by atoms with Gasteiger partial charge in [-0.25, -0.2) is 4.68 Å². The summed E-state index contributed by atoms with van der Waals surface area (Å²) < 4.78 is 6.72. The van der Waals surface area contributed by atoms with Crippen molar-refractivity contribution in [3.05, 3.63) is 59.6 Å². The number of nitrogens with zero attached hydrogens (tertiary/aromatic N) is 3.